The molecule has 11 heteroatoms. The Morgan fingerprint density at radius 2 is 2.00 bits per heavy atom. The smallest absolute Gasteiger partial charge is 0.304 e. The first-order valence-corrected chi connectivity index (χ1v) is 16.8. The van der Waals surface area contributed by atoms with Gasteiger partial charge in [-0.25, -0.2) is 0 Å². The van der Waals surface area contributed by atoms with Gasteiger partial charge in [0.15, 0.2) is 11.8 Å². The molecule has 2 fully saturated rings. The number of rotatable bonds is 7. The maximum absolute atomic E-state index is 15.7. The molecule has 8 nitrogen and oxygen atoms in total. The molecule has 5 rings (SSSR count). The van der Waals surface area contributed by atoms with E-state index in [0.717, 1.165) is 10.0 Å². The number of anilines is 2. The molecule has 3 aliphatic heterocycles. The van der Waals surface area contributed by atoms with Crippen LogP contribution in [0.5, 0.6) is 0 Å². The van der Waals surface area contributed by atoms with Crippen molar-refractivity contribution in [2.45, 2.75) is 69.8 Å². The van der Waals surface area contributed by atoms with Gasteiger partial charge in [-0.05, 0) is 55.4 Å². The molecule has 0 aliphatic carbocycles. The van der Waals surface area contributed by atoms with E-state index in [1.165, 1.54) is 11.8 Å². The van der Waals surface area contributed by atoms with Gasteiger partial charge in [0, 0.05) is 40.7 Å². The zero-order valence-corrected chi connectivity index (χ0v) is 24.9. The van der Waals surface area contributed by atoms with Crippen LogP contribution in [0, 0.1) is 5.92 Å². The summed E-state index contributed by atoms with van der Waals surface area (Å²) in [6.45, 7) is 6.49. The molecule has 208 valence electrons. The van der Waals surface area contributed by atoms with Crippen LogP contribution >= 0.6 is 15.9 Å². The lowest BCUT2D eigenvalue weighted by Gasteiger charge is -2.39. The van der Waals surface area contributed by atoms with Gasteiger partial charge in [0.05, 0.1) is 24.8 Å². The molecule has 0 bridgehead atoms. The van der Waals surface area contributed by atoms with Crippen molar-refractivity contribution in [2.24, 2.45) is 5.92 Å². The molecule has 39 heavy (non-hydrogen) atoms. The predicted molar refractivity (Wildman–Crippen MR) is 149 cm³/mol. The van der Waals surface area contributed by atoms with Crippen LogP contribution < -0.4 is 9.80 Å². The van der Waals surface area contributed by atoms with Crippen LogP contribution in [-0.2, 0) is 36.0 Å². The topological polar surface area (TPSA) is 96.4 Å². The number of amides is 2. The Balaban J connectivity index is 1.51. The highest BCUT2D eigenvalue weighted by molar-refractivity contribution is 9.10. The first kappa shape index (κ1) is 27.9. The van der Waals surface area contributed by atoms with E-state index in [9.17, 15) is 19.5 Å². The van der Waals surface area contributed by atoms with E-state index in [1.54, 1.807) is 36.2 Å². The van der Waals surface area contributed by atoms with E-state index in [-0.39, 0.29) is 37.8 Å². The third-order valence-electron chi connectivity index (χ3n) is 8.07. The van der Waals surface area contributed by atoms with Gasteiger partial charge in [0.1, 0.15) is 0 Å². The molecule has 1 unspecified atom stereocenters. The zero-order chi connectivity index (χ0) is 28.3. The second kappa shape index (κ2) is 10.1. The van der Waals surface area contributed by atoms with Crippen molar-refractivity contribution in [3.05, 3.63) is 58.1 Å². The summed E-state index contributed by atoms with van der Waals surface area (Å²) in [5.74, 6) is -1.33. The molecule has 0 aromatic heterocycles. The van der Waals surface area contributed by atoms with Crippen molar-refractivity contribution in [2.75, 3.05) is 16.4 Å². The zero-order valence-electron chi connectivity index (χ0n) is 22.3. The Labute approximate surface area is 236 Å². The van der Waals surface area contributed by atoms with E-state index in [0.29, 0.717) is 16.9 Å². The number of hydrogen-bond donors (Lipinski definition) is 1. The minimum Gasteiger partial charge on any atom is -0.441 e. The fraction of sp³-hybridized carbons (Fsp3) is 0.464. The number of benzene rings is 2. The van der Waals surface area contributed by atoms with Crippen LogP contribution in [0.3, 0.4) is 0 Å². The number of fused-ring (bicyclic) bond motifs is 2. The summed E-state index contributed by atoms with van der Waals surface area (Å²) in [5.41, 5.74) is 0.862. The Morgan fingerprint density at radius 1 is 1.26 bits per heavy atom. The van der Waals surface area contributed by atoms with Crippen molar-refractivity contribution in [3.63, 3.8) is 0 Å². The summed E-state index contributed by atoms with van der Waals surface area (Å²) in [6, 6.07) is 12.8. The lowest BCUT2D eigenvalue weighted by atomic mass is 9.82. The molecule has 3 aliphatic rings. The minimum atomic E-state index is -3.28. The Hall–Kier alpha value is -2.60. The highest BCUT2D eigenvalue weighted by atomic mass is 79.9. The number of halogens is 2. The maximum Gasteiger partial charge on any atom is 0.304 e. The monoisotopic (exact) mass is 618 g/mol. The molecule has 2 saturated heterocycles. The number of esters is 1. The summed E-state index contributed by atoms with van der Waals surface area (Å²) in [7, 11) is -3.28. The van der Waals surface area contributed by atoms with Gasteiger partial charge in [0.2, 0.25) is 14.3 Å². The Kier molecular flexibility index (Phi) is 7.24. The fourth-order valence-electron chi connectivity index (χ4n) is 6.54. The number of aliphatic hydroxyl groups is 1. The Bertz CT molecular complexity index is 1340. The van der Waals surface area contributed by atoms with Crippen molar-refractivity contribution in [1.82, 2.24) is 0 Å². The normalized spacial score (nSPS) is 28.2. The van der Waals surface area contributed by atoms with Crippen molar-refractivity contribution in [1.29, 1.82) is 0 Å². The second-order valence-electron chi connectivity index (χ2n) is 11.0. The quantitative estimate of drug-likeness (QED) is 0.208. The number of carbonyl (C=O) groups excluding carboxylic acids is 3. The third-order valence-corrected chi connectivity index (χ3v) is 11.0. The van der Waals surface area contributed by atoms with E-state index in [1.807, 2.05) is 31.2 Å². The lowest BCUT2D eigenvalue weighted by molar-refractivity contribution is -0.154. The van der Waals surface area contributed by atoms with Crippen molar-refractivity contribution in [3.8, 4) is 0 Å². The third kappa shape index (κ3) is 4.62. The largest absolute Gasteiger partial charge is 0.441 e. The van der Waals surface area contributed by atoms with Crippen LogP contribution in [0.25, 0.3) is 0 Å². The van der Waals surface area contributed by atoms with Crippen LogP contribution in [0.2, 0.25) is 18.6 Å². The minimum absolute atomic E-state index is 0.124. The van der Waals surface area contributed by atoms with Gasteiger partial charge in [0.25, 0.3) is 5.91 Å². The van der Waals surface area contributed by atoms with Crippen LogP contribution in [0.15, 0.2) is 46.9 Å². The van der Waals surface area contributed by atoms with Gasteiger partial charge < -0.3 is 23.6 Å². The molecule has 0 radical (unpaired) electrons. The van der Waals surface area contributed by atoms with Crippen LogP contribution in [0.1, 0.15) is 37.8 Å². The van der Waals surface area contributed by atoms with E-state index in [2.05, 4.69) is 15.9 Å². The highest BCUT2D eigenvalue weighted by Gasteiger charge is 2.66. The van der Waals surface area contributed by atoms with E-state index in [4.69, 9.17) is 9.47 Å². The number of nitrogens with zero attached hydrogens (tertiary/aromatic N) is 2. The fourth-order valence-corrected chi connectivity index (χ4v) is 9.45. The molecule has 5 atom stereocenters. The summed E-state index contributed by atoms with van der Waals surface area (Å²) in [4.78, 5) is 41.2. The molecular formula is C28H32BrFN2O6Si. The molecule has 1 N–H and O–H groups in total. The first-order chi connectivity index (χ1) is 18.4. The van der Waals surface area contributed by atoms with E-state index < -0.39 is 43.8 Å². The van der Waals surface area contributed by atoms with E-state index >= 15 is 4.11 Å². The average molecular weight is 620 g/mol. The summed E-state index contributed by atoms with van der Waals surface area (Å²) in [5, 5.41) is 9.72. The van der Waals surface area contributed by atoms with Crippen LogP contribution in [0.4, 0.5) is 15.5 Å². The van der Waals surface area contributed by atoms with Crippen LogP contribution in [-0.4, -0.2) is 50.2 Å². The second-order valence-corrected chi connectivity index (χ2v) is 15.7. The average Bonchev–Trinajstić information content (AvgIpc) is 3.25. The predicted octanol–water partition coefficient (Wildman–Crippen LogP) is 4.78. The molecule has 1 spiro atoms. The maximum atomic E-state index is 15.7. The molecule has 3 heterocycles. The number of ether oxygens (including phenoxy) is 2. The number of carbonyl (C=O) groups is 3. The highest BCUT2D eigenvalue weighted by Crippen LogP contribution is 2.60. The summed E-state index contributed by atoms with van der Waals surface area (Å²) < 4.78 is 28.2. The van der Waals surface area contributed by atoms with Gasteiger partial charge >= 0.3 is 5.97 Å². The van der Waals surface area contributed by atoms with Crippen molar-refractivity contribution < 1.29 is 33.1 Å². The number of β-lactam (4-membered cyclic amide) rings is 1. The summed E-state index contributed by atoms with van der Waals surface area (Å²) >= 11 is 3.53. The standard InChI is InChI=1S/C28H32BrFN2O6Si/c1-16-26(39(3,4)30)23(10-11-33)38-28(16)21-13-19(29)8-9-22(21)31(27(28)36)15-18-6-5-7-20(12-18)32-24(35)14-25(32)37-17(2)34/h5-9,12-13,16,23,25-26,33H,10-11,14-15H2,1-4H3/t16-,23+,25?,26-,28+/m0/s1. The molecule has 2 aromatic rings. The first-order valence-electron chi connectivity index (χ1n) is 13.1. The summed E-state index contributed by atoms with van der Waals surface area (Å²) in [6.07, 6.45) is -0.852. The molecule has 2 aromatic carbocycles. The van der Waals surface area contributed by atoms with Gasteiger partial charge in [-0.2, -0.15) is 0 Å². The number of aliphatic hydroxyl groups excluding tert-OH is 1. The SMILES string of the molecule is CC(=O)OC1CC(=O)N1c1cccc(CN2C(=O)[C@]3(O[C@H](CCO)[C@@H]([Si](C)(C)F)[C@@H]3C)c3cc(Br)ccc32)c1. The molecule has 2 amide bonds. The number of hydrogen-bond acceptors (Lipinski definition) is 6. The molecular weight excluding hydrogens is 587 g/mol. The van der Waals surface area contributed by atoms with Gasteiger partial charge in [-0.15, -0.1) is 0 Å². The van der Waals surface area contributed by atoms with Crippen molar-refractivity contribution >= 4 is 53.5 Å². The molecule has 0 saturated carbocycles. The lowest BCUT2D eigenvalue weighted by Crippen LogP contribution is -2.54. The van der Waals surface area contributed by atoms with Gasteiger partial charge in [-0.3, -0.25) is 19.3 Å². The Morgan fingerprint density at radius 3 is 2.64 bits per heavy atom. The van der Waals surface area contributed by atoms with Gasteiger partial charge in [-0.1, -0.05) is 35.0 Å².